The van der Waals surface area contributed by atoms with E-state index in [9.17, 15) is 4.79 Å². The molecule has 1 aliphatic heterocycles. The number of carbonyl (C=O) groups excluding carboxylic acids is 1. The number of rotatable bonds is 5. The Balaban J connectivity index is 1.24. The second-order valence-electron chi connectivity index (χ2n) is 7.70. The van der Waals surface area contributed by atoms with Gasteiger partial charge in [-0.15, -0.1) is 11.3 Å². The van der Waals surface area contributed by atoms with Gasteiger partial charge in [0.25, 0.3) is 0 Å². The van der Waals surface area contributed by atoms with Crippen molar-refractivity contribution in [3.05, 3.63) is 23.7 Å². The van der Waals surface area contributed by atoms with Crippen LogP contribution in [0.2, 0.25) is 0 Å². The van der Waals surface area contributed by atoms with E-state index in [4.69, 9.17) is 5.73 Å². The van der Waals surface area contributed by atoms with E-state index in [1.54, 1.807) is 11.3 Å². The number of aromatic nitrogens is 1. The number of nitrogens with zero attached hydrogens (tertiary/aromatic N) is 3. The van der Waals surface area contributed by atoms with Crippen LogP contribution in [0.5, 0.6) is 0 Å². The summed E-state index contributed by atoms with van der Waals surface area (Å²) in [4.78, 5) is 21.0. The number of nitrogens with two attached hydrogens (primary N) is 1. The average molecular weight is 373 g/mol. The summed E-state index contributed by atoms with van der Waals surface area (Å²) in [5.74, 6) is 1.94. The zero-order valence-corrected chi connectivity index (χ0v) is 16.1. The maximum atomic E-state index is 11.3. The minimum atomic E-state index is -0.103. The van der Waals surface area contributed by atoms with E-state index in [1.807, 2.05) is 6.20 Å². The van der Waals surface area contributed by atoms with Crippen LogP contribution in [0.15, 0.2) is 23.7 Å². The molecule has 0 radical (unpaired) electrons. The van der Waals surface area contributed by atoms with Gasteiger partial charge >= 0.3 is 0 Å². The number of hydrogen-bond acceptors (Lipinski definition) is 5. The van der Waals surface area contributed by atoms with E-state index in [2.05, 4.69) is 32.3 Å². The number of thiophene rings is 1. The van der Waals surface area contributed by atoms with Gasteiger partial charge in [-0.1, -0.05) is 0 Å². The molecule has 4 rings (SSSR count). The molecule has 2 aromatic rings. The van der Waals surface area contributed by atoms with E-state index in [1.165, 1.54) is 23.1 Å². The van der Waals surface area contributed by atoms with Gasteiger partial charge in [-0.3, -0.25) is 9.69 Å². The lowest BCUT2D eigenvalue weighted by atomic mass is 9.80. The number of pyridine rings is 1. The molecular formula is C20H28N4OS. The molecule has 1 saturated heterocycles. The molecule has 2 aromatic heterocycles. The average Bonchev–Trinajstić information content (AvgIpc) is 3.16. The standard InChI is InChI=1S/C20H28N4OS/c21-19(25)16-3-1-15(2-4-16)6-9-23-10-12-24(13-11-23)20-17-7-14-26-18(17)5-8-22-20/h5,7-8,14-16H,1-4,6,9-13H2,(H2,21,25). The van der Waals surface area contributed by atoms with Crippen molar-refractivity contribution in [2.75, 3.05) is 37.6 Å². The highest BCUT2D eigenvalue weighted by molar-refractivity contribution is 7.17. The molecule has 2 aliphatic rings. The van der Waals surface area contributed by atoms with Crippen molar-refractivity contribution in [2.45, 2.75) is 32.1 Å². The Morgan fingerprint density at radius 3 is 2.65 bits per heavy atom. The summed E-state index contributed by atoms with van der Waals surface area (Å²) >= 11 is 1.79. The first-order valence-corrected chi connectivity index (χ1v) is 10.7. The molecular weight excluding hydrogens is 344 g/mol. The molecule has 0 bridgehead atoms. The summed E-state index contributed by atoms with van der Waals surface area (Å²) in [6.45, 7) is 5.50. The molecule has 140 valence electrons. The highest BCUT2D eigenvalue weighted by Crippen LogP contribution is 2.31. The third-order valence-corrected chi connectivity index (χ3v) is 7.02. The Morgan fingerprint density at radius 1 is 1.15 bits per heavy atom. The predicted octanol–water partition coefficient (Wildman–Crippen LogP) is 3.10. The van der Waals surface area contributed by atoms with Crippen LogP contribution in [0.25, 0.3) is 10.1 Å². The summed E-state index contributed by atoms with van der Waals surface area (Å²) in [7, 11) is 0. The van der Waals surface area contributed by atoms with Crippen LogP contribution in [0, 0.1) is 11.8 Å². The summed E-state index contributed by atoms with van der Waals surface area (Å²) in [5, 5.41) is 3.44. The molecule has 0 spiro atoms. The highest BCUT2D eigenvalue weighted by Gasteiger charge is 2.26. The van der Waals surface area contributed by atoms with Gasteiger partial charge in [-0.05, 0) is 62.1 Å². The molecule has 1 saturated carbocycles. The molecule has 1 amide bonds. The highest BCUT2D eigenvalue weighted by atomic mass is 32.1. The number of fused-ring (bicyclic) bond motifs is 1. The van der Waals surface area contributed by atoms with Gasteiger partial charge in [0.1, 0.15) is 5.82 Å². The van der Waals surface area contributed by atoms with Gasteiger partial charge < -0.3 is 10.6 Å². The molecule has 2 fully saturated rings. The minimum Gasteiger partial charge on any atom is -0.369 e. The Bertz CT molecular complexity index is 745. The second kappa shape index (κ2) is 7.92. The first kappa shape index (κ1) is 17.7. The second-order valence-corrected chi connectivity index (χ2v) is 8.65. The molecule has 0 unspecified atom stereocenters. The Hall–Kier alpha value is -1.66. The fourth-order valence-corrected chi connectivity index (χ4v) is 5.19. The van der Waals surface area contributed by atoms with Crippen LogP contribution in [-0.2, 0) is 4.79 Å². The van der Waals surface area contributed by atoms with Crippen LogP contribution in [0.3, 0.4) is 0 Å². The maximum absolute atomic E-state index is 11.3. The van der Waals surface area contributed by atoms with Gasteiger partial charge in [0, 0.05) is 48.4 Å². The zero-order chi connectivity index (χ0) is 17.9. The van der Waals surface area contributed by atoms with E-state index in [0.29, 0.717) is 0 Å². The molecule has 6 heteroatoms. The third kappa shape index (κ3) is 3.86. The molecule has 5 nitrogen and oxygen atoms in total. The van der Waals surface area contributed by atoms with Crippen LogP contribution in [0.1, 0.15) is 32.1 Å². The lowest BCUT2D eigenvalue weighted by Gasteiger charge is -2.36. The molecule has 3 heterocycles. The SMILES string of the molecule is NC(=O)C1CCC(CCN2CCN(c3nccc4sccc34)CC2)CC1. The van der Waals surface area contributed by atoms with Crippen LogP contribution >= 0.6 is 11.3 Å². The van der Waals surface area contributed by atoms with Crippen LogP contribution in [-0.4, -0.2) is 48.5 Å². The van der Waals surface area contributed by atoms with Gasteiger partial charge in [0.05, 0.1) is 0 Å². The Labute approximate surface area is 159 Å². The summed E-state index contributed by atoms with van der Waals surface area (Å²) < 4.78 is 1.32. The summed E-state index contributed by atoms with van der Waals surface area (Å²) in [6, 6.07) is 4.30. The smallest absolute Gasteiger partial charge is 0.220 e. The normalized spacial score (nSPS) is 24.8. The maximum Gasteiger partial charge on any atom is 0.220 e. The quantitative estimate of drug-likeness (QED) is 0.876. The number of piperazine rings is 1. The van der Waals surface area contributed by atoms with Crippen molar-refractivity contribution in [1.82, 2.24) is 9.88 Å². The number of amides is 1. The van der Waals surface area contributed by atoms with E-state index >= 15 is 0 Å². The Kier molecular flexibility index (Phi) is 5.41. The minimum absolute atomic E-state index is 0.103. The first-order chi connectivity index (χ1) is 12.7. The fraction of sp³-hybridized carbons (Fsp3) is 0.600. The third-order valence-electron chi connectivity index (χ3n) is 6.13. The van der Waals surface area contributed by atoms with E-state index in [0.717, 1.165) is 63.6 Å². The monoisotopic (exact) mass is 372 g/mol. The molecule has 1 aliphatic carbocycles. The van der Waals surface area contributed by atoms with E-state index in [-0.39, 0.29) is 11.8 Å². The van der Waals surface area contributed by atoms with Crippen LogP contribution < -0.4 is 10.6 Å². The summed E-state index contributed by atoms with van der Waals surface area (Å²) in [6.07, 6.45) is 7.50. The largest absolute Gasteiger partial charge is 0.369 e. The van der Waals surface area contributed by atoms with Gasteiger partial charge in [-0.25, -0.2) is 4.98 Å². The lowest BCUT2D eigenvalue weighted by Crippen LogP contribution is -2.47. The number of primary amides is 1. The number of hydrogen-bond donors (Lipinski definition) is 1. The van der Waals surface area contributed by atoms with Crippen LogP contribution in [0.4, 0.5) is 5.82 Å². The van der Waals surface area contributed by atoms with Gasteiger partial charge in [-0.2, -0.15) is 0 Å². The van der Waals surface area contributed by atoms with Crippen molar-refractivity contribution >= 4 is 33.1 Å². The molecule has 0 atom stereocenters. The topological polar surface area (TPSA) is 62.5 Å². The fourth-order valence-electron chi connectivity index (χ4n) is 4.42. The Morgan fingerprint density at radius 2 is 1.92 bits per heavy atom. The number of carbonyl (C=O) groups is 1. The van der Waals surface area contributed by atoms with E-state index < -0.39 is 0 Å². The molecule has 2 N–H and O–H groups in total. The first-order valence-electron chi connectivity index (χ1n) is 9.79. The van der Waals surface area contributed by atoms with Crippen molar-refractivity contribution in [3.63, 3.8) is 0 Å². The molecule has 26 heavy (non-hydrogen) atoms. The number of anilines is 1. The molecule has 0 aromatic carbocycles. The zero-order valence-electron chi connectivity index (χ0n) is 15.3. The van der Waals surface area contributed by atoms with Gasteiger partial charge in [0.15, 0.2) is 0 Å². The predicted molar refractivity (Wildman–Crippen MR) is 108 cm³/mol. The van der Waals surface area contributed by atoms with Gasteiger partial charge in [0.2, 0.25) is 5.91 Å². The van der Waals surface area contributed by atoms with Crippen molar-refractivity contribution in [2.24, 2.45) is 17.6 Å². The lowest BCUT2D eigenvalue weighted by molar-refractivity contribution is -0.123. The van der Waals surface area contributed by atoms with Crippen molar-refractivity contribution < 1.29 is 4.79 Å². The van der Waals surface area contributed by atoms with Crippen molar-refractivity contribution in [3.8, 4) is 0 Å². The summed E-state index contributed by atoms with van der Waals surface area (Å²) in [5.41, 5.74) is 5.44. The van der Waals surface area contributed by atoms with Crippen molar-refractivity contribution in [1.29, 1.82) is 0 Å².